The molecule has 0 aromatic heterocycles. The van der Waals surface area contributed by atoms with E-state index in [1.807, 2.05) is 0 Å². The zero-order valence-electron chi connectivity index (χ0n) is 12.1. The Morgan fingerprint density at radius 1 is 1.35 bits per heavy atom. The minimum Gasteiger partial charge on any atom is -0.497 e. The molecule has 122 valence electrons. The van der Waals surface area contributed by atoms with Crippen LogP contribution in [0.1, 0.15) is 5.56 Å². The first-order valence-corrected chi connectivity index (χ1v) is 7.48. The summed E-state index contributed by atoms with van der Waals surface area (Å²) < 4.78 is 44.0. The Labute approximate surface area is 134 Å². The fraction of sp³-hybridized carbons (Fsp3) is 0.286. The molecular formula is C14H12F3N3O2S. The monoisotopic (exact) mass is 343 g/mol. The van der Waals surface area contributed by atoms with Crippen LogP contribution in [0.4, 0.5) is 13.2 Å². The molecule has 0 spiro atoms. The van der Waals surface area contributed by atoms with Crippen LogP contribution in [-0.4, -0.2) is 30.5 Å². The highest BCUT2D eigenvalue weighted by atomic mass is 32.2. The number of methoxy groups -OCH3 is 1. The largest absolute Gasteiger partial charge is 0.497 e. The van der Waals surface area contributed by atoms with E-state index in [4.69, 9.17) is 4.74 Å². The van der Waals surface area contributed by atoms with Gasteiger partial charge in [0.1, 0.15) is 17.4 Å². The van der Waals surface area contributed by atoms with Crippen LogP contribution in [0.2, 0.25) is 0 Å². The number of benzene rings is 1. The highest BCUT2D eigenvalue weighted by Crippen LogP contribution is 2.39. The maximum atomic E-state index is 13.0. The van der Waals surface area contributed by atoms with Crippen LogP contribution in [0.15, 0.2) is 39.9 Å². The minimum atomic E-state index is -4.79. The van der Waals surface area contributed by atoms with Crippen LogP contribution in [0.3, 0.4) is 0 Å². The lowest BCUT2D eigenvalue weighted by molar-refractivity contribution is -0.0644. The number of amidine groups is 1. The second-order valence-corrected chi connectivity index (χ2v) is 5.32. The van der Waals surface area contributed by atoms with E-state index in [1.165, 1.54) is 37.6 Å². The summed E-state index contributed by atoms with van der Waals surface area (Å²) >= 11 is 0.883. The summed E-state index contributed by atoms with van der Waals surface area (Å²) in [6.45, 7) is 0. The van der Waals surface area contributed by atoms with E-state index in [9.17, 15) is 23.5 Å². The fourth-order valence-electron chi connectivity index (χ4n) is 2.02. The molecule has 0 bridgehead atoms. The van der Waals surface area contributed by atoms with Gasteiger partial charge in [-0.1, -0.05) is 12.1 Å². The number of hydrogen-bond acceptors (Lipinski definition) is 6. The minimum absolute atomic E-state index is 0.0321. The van der Waals surface area contributed by atoms with Crippen molar-refractivity contribution in [2.75, 3.05) is 13.4 Å². The van der Waals surface area contributed by atoms with Crippen molar-refractivity contribution in [3.8, 4) is 11.8 Å². The molecule has 1 aliphatic heterocycles. The van der Waals surface area contributed by atoms with Gasteiger partial charge in [-0.05, 0) is 18.4 Å². The molecule has 0 aliphatic carbocycles. The molecule has 1 aromatic carbocycles. The number of nitrogens with zero attached hydrogens (tertiary/aromatic N) is 2. The van der Waals surface area contributed by atoms with Gasteiger partial charge in [-0.3, -0.25) is 0 Å². The third-order valence-electron chi connectivity index (χ3n) is 3.16. The lowest BCUT2D eigenvalue weighted by Crippen LogP contribution is -2.45. The first-order valence-electron chi connectivity index (χ1n) is 6.26. The summed E-state index contributed by atoms with van der Waals surface area (Å²) in [5.41, 5.74) is -2.69. The summed E-state index contributed by atoms with van der Waals surface area (Å²) in [4.78, 5) is 3.36. The number of aliphatic hydroxyl groups is 1. The lowest BCUT2D eigenvalue weighted by Gasteiger charge is -2.31. The number of nitrogens with one attached hydrogen (secondary N) is 1. The molecule has 23 heavy (non-hydrogen) atoms. The highest BCUT2D eigenvalue weighted by Gasteiger charge is 2.47. The van der Waals surface area contributed by atoms with Gasteiger partial charge in [-0.25, -0.2) is 4.99 Å². The average Bonchev–Trinajstić information content (AvgIpc) is 2.53. The number of ether oxygens (including phenoxy) is 1. The van der Waals surface area contributed by atoms with Crippen molar-refractivity contribution >= 4 is 17.6 Å². The third-order valence-corrected chi connectivity index (χ3v) is 3.87. The summed E-state index contributed by atoms with van der Waals surface area (Å²) in [5.74, 6) is -0.905. The van der Waals surface area contributed by atoms with Crippen LogP contribution in [0, 0.1) is 11.3 Å². The molecule has 1 heterocycles. The quantitative estimate of drug-likeness (QED) is 0.882. The number of rotatable bonds is 3. The number of thioether (sulfide) groups is 1. The number of hydrogen-bond donors (Lipinski definition) is 2. The maximum Gasteiger partial charge on any atom is 0.449 e. The normalized spacial score (nSPS) is 21.3. The van der Waals surface area contributed by atoms with E-state index < -0.39 is 17.7 Å². The maximum absolute atomic E-state index is 13.0. The van der Waals surface area contributed by atoms with E-state index in [1.54, 1.807) is 6.07 Å². The third kappa shape index (κ3) is 3.13. The number of halogens is 3. The zero-order chi connectivity index (χ0) is 17.3. The van der Waals surface area contributed by atoms with E-state index >= 15 is 0 Å². The highest BCUT2D eigenvalue weighted by molar-refractivity contribution is 8.02. The van der Waals surface area contributed by atoms with Crippen molar-refractivity contribution in [1.29, 1.82) is 5.26 Å². The van der Waals surface area contributed by atoms with Crippen LogP contribution in [0.25, 0.3) is 0 Å². The van der Waals surface area contributed by atoms with Crippen molar-refractivity contribution in [1.82, 2.24) is 5.32 Å². The first-order chi connectivity index (χ1) is 10.8. The number of nitriles is 1. The second-order valence-electron chi connectivity index (χ2n) is 4.50. The van der Waals surface area contributed by atoms with Crippen LogP contribution in [-0.2, 0) is 5.72 Å². The van der Waals surface area contributed by atoms with Gasteiger partial charge < -0.3 is 15.2 Å². The van der Waals surface area contributed by atoms with Gasteiger partial charge in [0.15, 0.2) is 0 Å². The van der Waals surface area contributed by atoms with Gasteiger partial charge in [0.2, 0.25) is 11.6 Å². The second kappa shape index (κ2) is 6.14. The topological polar surface area (TPSA) is 77.6 Å². The Bertz CT molecular complexity index is 707. The van der Waals surface area contributed by atoms with Gasteiger partial charge in [0.25, 0.3) is 0 Å². The molecular weight excluding hydrogens is 331 g/mol. The smallest absolute Gasteiger partial charge is 0.449 e. The Hall–Kier alpha value is -2.18. The Balaban J connectivity index is 2.64. The average molecular weight is 343 g/mol. The van der Waals surface area contributed by atoms with Crippen LogP contribution < -0.4 is 10.1 Å². The van der Waals surface area contributed by atoms with E-state index in [0.717, 1.165) is 11.8 Å². The molecule has 2 rings (SSSR count). The molecule has 0 saturated carbocycles. The zero-order valence-corrected chi connectivity index (χ0v) is 12.9. The van der Waals surface area contributed by atoms with Crippen molar-refractivity contribution in [3.63, 3.8) is 0 Å². The van der Waals surface area contributed by atoms with E-state index in [2.05, 4.69) is 10.3 Å². The molecule has 9 heteroatoms. The SMILES string of the molecule is COc1ccc(C2(O)N=C(C(F)(F)F)NC(SC)=C2C#N)cc1. The number of aliphatic imine (C=N–C) groups is 1. The Morgan fingerprint density at radius 3 is 2.39 bits per heavy atom. The summed E-state index contributed by atoms with van der Waals surface area (Å²) in [7, 11) is 1.43. The molecule has 1 atom stereocenters. The predicted octanol–water partition coefficient (Wildman–Crippen LogP) is 2.50. The van der Waals surface area contributed by atoms with Gasteiger partial charge in [-0.2, -0.15) is 18.4 Å². The molecule has 0 radical (unpaired) electrons. The summed E-state index contributed by atoms with van der Waals surface area (Å²) in [6, 6.07) is 7.38. The molecule has 1 aromatic rings. The van der Waals surface area contributed by atoms with Crippen molar-refractivity contribution < 1.29 is 23.0 Å². The van der Waals surface area contributed by atoms with Gasteiger partial charge in [0.05, 0.1) is 12.1 Å². The predicted molar refractivity (Wildman–Crippen MR) is 79.7 cm³/mol. The Morgan fingerprint density at radius 2 is 1.96 bits per heavy atom. The van der Waals surface area contributed by atoms with Crippen molar-refractivity contribution in [3.05, 3.63) is 40.4 Å². The van der Waals surface area contributed by atoms with Gasteiger partial charge >= 0.3 is 6.18 Å². The number of alkyl halides is 3. The molecule has 0 fully saturated rings. The summed E-state index contributed by atoms with van der Waals surface area (Å²) in [6.07, 6.45) is -3.30. The molecule has 1 unspecified atom stereocenters. The summed E-state index contributed by atoms with van der Waals surface area (Å²) in [5, 5.41) is 22.0. The van der Waals surface area contributed by atoms with Gasteiger partial charge in [-0.15, -0.1) is 11.8 Å². The molecule has 2 N–H and O–H groups in total. The molecule has 0 saturated heterocycles. The van der Waals surface area contributed by atoms with Crippen LogP contribution >= 0.6 is 11.8 Å². The molecule has 0 amide bonds. The Kier molecular flexibility index (Phi) is 4.58. The van der Waals surface area contributed by atoms with Gasteiger partial charge in [0, 0.05) is 5.56 Å². The molecule has 1 aliphatic rings. The van der Waals surface area contributed by atoms with E-state index in [0.29, 0.717) is 5.75 Å². The lowest BCUT2D eigenvalue weighted by atomic mass is 9.94. The standard InChI is InChI=1S/C14H12F3N3O2S/c1-22-9-5-3-8(4-6-9)13(21)10(7-18)11(23-2)19-12(20-13)14(15,16)17/h3-6,21H,1-2H3,(H,19,20). The van der Waals surface area contributed by atoms with Crippen molar-refractivity contribution in [2.24, 2.45) is 4.99 Å². The van der Waals surface area contributed by atoms with Crippen molar-refractivity contribution in [2.45, 2.75) is 11.9 Å². The fourth-order valence-corrected chi connectivity index (χ4v) is 2.61. The first kappa shape index (κ1) is 17.2. The molecule has 5 nitrogen and oxygen atoms in total. The van der Waals surface area contributed by atoms with Crippen LogP contribution in [0.5, 0.6) is 5.75 Å². The van der Waals surface area contributed by atoms with E-state index in [-0.39, 0.29) is 16.2 Å².